The molecule has 3 aromatic rings. The lowest BCUT2D eigenvalue weighted by Gasteiger charge is -2.32. The van der Waals surface area contributed by atoms with Gasteiger partial charge >= 0.3 is 0 Å². The largest absolute Gasteiger partial charge is 0.494 e. The number of rotatable bonds is 6. The van der Waals surface area contributed by atoms with E-state index < -0.39 is 5.82 Å². The highest BCUT2D eigenvalue weighted by Crippen LogP contribution is 2.26. The summed E-state index contributed by atoms with van der Waals surface area (Å²) in [6.45, 7) is 4.55. The van der Waals surface area contributed by atoms with E-state index in [1.54, 1.807) is 12.3 Å². The van der Waals surface area contributed by atoms with Gasteiger partial charge in [0, 0.05) is 37.0 Å². The Morgan fingerprint density at radius 1 is 1.27 bits per heavy atom. The van der Waals surface area contributed by atoms with Crippen molar-refractivity contribution in [3.8, 4) is 11.4 Å². The number of hydrogen-bond acceptors (Lipinski definition) is 4. The van der Waals surface area contributed by atoms with Gasteiger partial charge in [0.05, 0.1) is 12.8 Å². The maximum absolute atomic E-state index is 14.0. The molecule has 2 aromatic carbocycles. The van der Waals surface area contributed by atoms with Crippen molar-refractivity contribution in [3.63, 3.8) is 0 Å². The quantitative estimate of drug-likeness (QED) is 0.568. The molecule has 5 nitrogen and oxygen atoms in total. The molecule has 1 aromatic heterocycles. The molecule has 0 amide bonds. The minimum atomic E-state index is -0.496. The fraction of sp³-hybridized carbons (Fsp3) is 0.333. The number of methoxy groups -OCH3 is 1. The van der Waals surface area contributed by atoms with Crippen LogP contribution in [0.15, 0.2) is 54.9 Å². The molecular weight excluding hydrogens is 381 g/mol. The Morgan fingerprint density at radius 2 is 2.13 bits per heavy atom. The average Bonchev–Trinajstić information content (AvgIpc) is 3.30. The van der Waals surface area contributed by atoms with Gasteiger partial charge in [0.15, 0.2) is 17.3 Å². The van der Waals surface area contributed by atoms with Crippen LogP contribution in [0.2, 0.25) is 0 Å². The van der Waals surface area contributed by atoms with E-state index in [-0.39, 0.29) is 17.5 Å². The molecule has 0 bridgehead atoms. The number of aryl methyl sites for hydroxylation is 1. The van der Waals surface area contributed by atoms with E-state index in [1.165, 1.54) is 30.4 Å². The molecule has 1 atom stereocenters. The topological polar surface area (TPSA) is 47.4 Å². The Kier molecular flexibility index (Phi) is 5.95. The van der Waals surface area contributed by atoms with Gasteiger partial charge < -0.3 is 4.74 Å². The maximum Gasteiger partial charge on any atom is 0.167 e. The Morgan fingerprint density at radius 3 is 2.83 bits per heavy atom. The molecule has 1 saturated heterocycles. The molecule has 1 fully saturated rings. The fourth-order valence-corrected chi connectivity index (χ4v) is 4.13. The Hall–Kier alpha value is -2.99. The zero-order valence-corrected chi connectivity index (χ0v) is 17.3. The van der Waals surface area contributed by atoms with Gasteiger partial charge in [-0.25, -0.2) is 9.07 Å². The third kappa shape index (κ3) is 4.28. The van der Waals surface area contributed by atoms with Crippen molar-refractivity contribution >= 4 is 5.78 Å². The third-order valence-electron chi connectivity index (χ3n) is 5.80. The van der Waals surface area contributed by atoms with Crippen LogP contribution in [0.3, 0.4) is 0 Å². The summed E-state index contributed by atoms with van der Waals surface area (Å²) >= 11 is 0. The summed E-state index contributed by atoms with van der Waals surface area (Å²) < 4.78 is 20.8. The summed E-state index contributed by atoms with van der Waals surface area (Å²) in [6.07, 6.45) is 5.49. The molecule has 0 spiro atoms. The van der Waals surface area contributed by atoms with Crippen molar-refractivity contribution in [2.24, 2.45) is 5.92 Å². The second-order valence-electron chi connectivity index (χ2n) is 7.85. The zero-order chi connectivity index (χ0) is 21.1. The average molecular weight is 407 g/mol. The number of carbonyl (C=O) groups excluding carboxylic acids is 1. The van der Waals surface area contributed by atoms with Gasteiger partial charge in [-0.15, -0.1) is 0 Å². The fourth-order valence-electron chi connectivity index (χ4n) is 4.13. The number of ether oxygens (including phenoxy) is 1. The van der Waals surface area contributed by atoms with E-state index in [0.29, 0.717) is 12.1 Å². The van der Waals surface area contributed by atoms with Crippen molar-refractivity contribution in [3.05, 3.63) is 77.4 Å². The molecule has 0 aliphatic carbocycles. The van der Waals surface area contributed by atoms with Crippen LogP contribution in [0.1, 0.15) is 34.3 Å². The van der Waals surface area contributed by atoms with Gasteiger partial charge in [0.2, 0.25) is 0 Å². The summed E-state index contributed by atoms with van der Waals surface area (Å²) in [5.41, 5.74) is 3.90. The van der Waals surface area contributed by atoms with Gasteiger partial charge in [0.1, 0.15) is 0 Å². The monoisotopic (exact) mass is 407 g/mol. The van der Waals surface area contributed by atoms with Gasteiger partial charge in [-0.3, -0.25) is 9.69 Å². The molecule has 1 aliphatic heterocycles. The molecule has 2 heterocycles. The van der Waals surface area contributed by atoms with Crippen molar-refractivity contribution in [2.45, 2.75) is 26.3 Å². The normalized spacial score (nSPS) is 17.1. The maximum atomic E-state index is 14.0. The van der Waals surface area contributed by atoms with Crippen LogP contribution >= 0.6 is 0 Å². The van der Waals surface area contributed by atoms with Crippen LogP contribution in [-0.4, -0.2) is 40.7 Å². The SMILES string of the molecule is COc1ccc(C(=O)[C@H]2CCCN(Cc3ccc(-n4cccn4)cc3C)C2)cc1F. The van der Waals surface area contributed by atoms with Crippen molar-refractivity contribution in [1.82, 2.24) is 14.7 Å². The molecular formula is C24H26FN3O2. The molecule has 0 radical (unpaired) electrons. The van der Waals surface area contributed by atoms with Crippen LogP contribution in [0.4, 0.5) is 4.39 Å². The Labute approximate surface area is 176 Å². The number of likely N-dealkylation sites (tertiary alicyclic amines) is 1. The molecule has 0 N–H and O–H groups in total. The summed E-state index contributed by atoms with van der Waals surface area (Å²) in [4.78, 5) is 15.3. The Bertz CT molecular complexity index is 1030. The van der Waals surface area contributed by atoms with Gasteiger partial charge in [-0.1, -0.05) is 6.07 Å². The molecule has 0 saturated carbocycles. The predicted octanol–water partition coefficient (Wildman–Crippen LogP) is 4.42. The number of halogens is 1. The number of hydrogen-bond donors (Lipinski definition) is 0. The number of piperidine rings is 1. The summed E-state index contributed by atoms with van der Waals surface area (Å²) in [7, 11) is 1.42. The highest BCUT2D eigenvalue weighted by Gasteiger charge is 2.27. The van der Waals surface area contributed by atoms with Crippen LogP contribution in [0.25, 0.3) is 5.69 Å². The summed E-state index contributed by atoms with van der Waals surface area (Å²) in [5, 5.41) is 4.28. The van der Waals surface area contributed by atoms with Crippen LogP contribution in [0, 0.1) is 18.7 Å². The Balaban J connectivity index is 1.44. The second kappa shape index (κ2) is 8.79. The van der Waals surface area contributed by atoms with E-state index in [4.69, 9.17) is 4.74 Å². The second-order valence-corrected chi connectivity index (χ2v) is 7.85. The molecule has 0 unspecified atom stereocenters. The van der Waals surface area contributed by atoms with E-state index in [1.807, 2.05) is 16.9 Å². The minimum Gasteiger partial charge on any atom is -0.494 e. The first-order valence-electron chi connectivity index (χ1n) is 10.2. The highest BCUT2D eigenvalue weighted by molar-refractivity contribution is 5.98. The zero-order valence-electron chi connectivity index (χ0n) is 17.3. The molecule has 4 rings (SSSR count). The van der Waals surface area contributed by atoms with Crippen molar-refractivity contribution in [1.29, 1.82) is 0 Å². The van der Waals surface area contributed by atoms with Gasteiger partial charge in [-0.2, -0.15) is 5.10 Å². The van der Waals surface area contributed by atoms with Crippen molar-refractivity contribution in [2.75, 3.05) is 20.2 Å². The number of Topliss-reactive ketones (excluding diaryl/α,β-unsaturated/α-hetero) is 1. The van der Waals surface area contributed by atoms with Crippen molar-refractivity contribution < 1.29 is 13.9 Å². The lowest BCUT2D eigenvalue weighted by Crippen LogP contribution is -2.38. The number of carbonyl (C=O) groups is 1. The summed E-state index contributed by atoms with van der Waals surface area (Å²) in [5.74, 6) is -0.447. The van der Waals surface area contributed by atoms with E-state index in [0.717, 1.165) is 31.6 Å². The smallest absolute Gasteiger partial charge is 0.167 e. The molecule has 6 heteroatoms. The predicted molar refractivity (Wildman–Crippen MR) is 114 cm³/mol. The number of benzene rings is 2. The first kappa shape index (κ1) is 20.3. The number of aromatic nitrogens is 2. The highest BCUT2D eigenvalue weighted by atomic mass is 19.1. The third-order valence-corrected chi connectivity index (χ3v) is 5.80. The molecule has 156 valence electrons. The van der Waals surface area contributed by atoms with Crippen LogP contribution in [0.5, 0.6) is 5.75 Å². The van der Waals surface area contributed by atoms with Crippen LogP contribution < -0.4 is 4.74 Å². The first-order valence-corrected chi connectivity index (χ1v) is 10.2. The molecule has 30 heavy (non-hydrogen) atoms. The van der Waals surface area contributed by atoms with E-state index in [2.05, 4.69) is 35.1 Å². The van der Waals surface area contributed by atoms with E-state index >= 15 is 0 Å². The number of nitrogens with zero attached hydrogens (tertiary/aromatic N) is 3. The van der Waals surface area contributed by atoms with Crippen LogP contribution in [-0.2, 0) is 6.54 Å². The number of ketones is 1. The summed E-state index contributed by atoms with van der Waals surface area (Å²) in [6, 6.07) is 12.7. The lowest BCUT2D eigenvalue weighted by molar-refractivity contribution is 0.0811. The molecule has 1 aliphatic rings. The first-order chi connectivity index (χ1) is 14.5. The lowest BCUT2D eigenvalue weighted by atomic mass is 9.89. The van der Waals surface area contributed by atoms with E-state index in [9.17, 15) is 9.18 Å². The standard InChI is InChI=1S/C24H26FN3O2/c1-17-13-21(28-12-4-10-26-28)8-6-19(17)15-27-11-3-5-20(16-27)24(29)18-7-9-23(30-2)22(25)14-18/h4,6-10,12-14,20H,3,5,11,15-16H2,1-2H3/t20-/m0/s1. The minimum absolute atomic E-state index is 0.00649. The van der Waals surface area contributed by atoms with Gasteiger partial charge in [-0.05, 0) is 73.8 Å². The van der Waals surface area contributed by atoms with Gasteiger partial charge in [0.25, 0.3) is 0 Å².